The van der Waals surface area contributed by atoms with Crippen LogP contribution < -0.4 is 10.6 Å². The Bertz CT molecular complexity index is 1180. The lowest BCUT2D eigenvalue weighted by Crippen LogP contribution is -2.48. The van der Waals surface area contributed by atoms with Crippen LogP contribution in [0.2, 0.25) is 0 Å². The number of piperazine rings is 1. The van der Waals surface area contributed by atoms with Gasteiger partial charge in [-0.25, -0.2) is 9.37 Å². The molecule has 0 saturated carbocycles. The summed E-state index contributed by atoms with van der Waals surface area (Å²) in [6, 6.07) is 16.8. The maximum absolute atomic E-state index is 13.4. The van der Waals surface area contributed by atoms with Crippen molar-refractivity contribution in [2.45, 2.75) is 33.2 Å². The van der Waals surface area contributed by atoms with Gasteiger partial charge in [0.15, 0.2) is 5.82 Å². The Morgan fingerprint density at radius 3 is 2.28 bits per heavy atom. The first-order valence-electron chi connectivity index (χ1n) is 12.7. The van der Waals surface area contributed by atoms with Gasteiger partial charge in [-0.3, -0.25) is 14.9 Å². The van der Waals surface area contributed by atoms with Crippen molar-refractivity contribution in [2.24, 2.45) is 10.7 Å². The highest BCUT2D eigenvalue weighted by Gasteiger charge is 2.23. The van der Waals surface area contributed by atoms with Crippen molar-refractivity contribution in [3.05, 3.63) is 89.6 Å². The summed E-state index contributed by atoms with van der Waals surface area (Å²) in [5.41, 5.74) is 12.5. The van der Waals surface area contributed by atoms with E-state index in [9.17, 15) is 4.39 Å². The van der Waals surface area contributed by atoms with Crippen molar-refractivity contribution in [3.8, 4) is 11.3 Å². The van der Waals surface area contributed by atoms with Crippen molar-refractivity contribution >= 4 is 11.5 Å². The Morgan fingerprint density at radius 2 is 1.61 bits per heavy atom. The van der Waals surface area contributed by atoms with E-state index in [1.54, 1.807) is 24.5 Å². The van der Waals surface area contributed by atoms with E-state index < -0.39 is 0 Å². The third-order valence-corrected chi connectivity index (χ3v) is 6.60. The van der Waals surface area contributed by atoms with Gasteiger partial charge in [-0.1, -0.05) is 44.2 Å². The third kappa shape index (κ3) is 6.34. The molecule has 7 heteroatoms. The van der Waals surface area contributed by atoms with Crippen molar-refractivity contribution in [1.29, 1.82) is 0 Å². The minimum Gasteiger partial charge on any atom is -0.402 e. The number of rotatable bonds is 9. The Morgan fingerprint density at radius 1 is 0.917 bits per heavy atom. The summed E-state index contributed by atoms with van der Waals surface area (Å²) >= 11 is 0. The molecule has 36 heavy (non-hydrogen) atoms. The first kappa shape index (κ1) is 25.5. The van der Waals surface area contributed by atoms with Gasteiger partial charge in [-0.15, -0.1) is 0 Å². The molecule has 4 rings (SSSR count). The van der Waals surface area contributed by atoms with Crippen LogP contribution in [0.1, 0.15) is 32.3 Å². The zero-order valence-corrected chi connectivity index (χ0v) is 21.2. The second-order valence-electron chi connectivity index (χ2n) is 8.96. The van der Waals surface area contributed by atoms with Crippen LogP contribution in [0, 0.1) is 5.82 Å². The smallest absolute Gasteiger partial charge is 0.155 e. The summed E-state index contributed by atoms with van der Waals surface area (Å²) < 4.78 is 13.4. The summed E-state index contributed by atoms with van der Waals surface area (Å²) in [5, 5.41) is 0. The highest BCUT2D eigenvalue weighted by Crippen LogP contribution is 2.27. The average Bonchev–Trinajstić information content (AvgIpc) is 2.93. The molecule has 2 N–H and O–H groups in total. The van der Waals surface area contributed by atoms with Crippen LogP contribution in [-0.4, -0.2) is 53.3 Å². The molecule has 0 atom stereocenters. The van der Waals surface area contributed by atoms with Gasteiger partial charge in [-0.05, 0) is 42.7 Å². The number of nitrogens with two attached hydrogens (primary N) is 1. The topological polar surface area (TPSA) is 70.6 Å². The Hall–Kier alpha value is -3.58. The number of aromatic nitrogens is 2. The van der Waals surface area contributed by atoms with Crippen LogP contribution in [0.4, 0.5) is 10.2 Å². The van der Waals surface area contributed by atoms with Crippen LogP contribution >= 0.6 is 0 Å². The highest BCUT2D eigenvalue weighted by molar-refractivity contribution is 6.01. The predicted octanol–water partition coefficient (Wildman–Crippen LogP) is 5.08. The number of aliphatic imine (C=N–C) groups is 1. The van der Waals surface area contributed by atoms with E-state index in [1.165, 1.54) is 17.7 Å². The van der Waals surface area contributed by atoms with Gasteiger partial charge >= 0.3 is 0 Å². The first-order valence-corrected chi connectivity index (χ1v) is 12.7. The van der Waals surface area contributed by atoms with Gasteiger partial charge in [0.25, 0.3) is 0 Å². The lowest BCUT2D eigenvalue weighted by molar-refractivity contribution is 0.279. The van der Waals surface area contributed by atoms with E-state index in [1.807, 2.05) is 18.2 Å². The molecule has 1 saturated heterocycles. The highest BCUT2D eigenvalue weighted by atomic mass is 19.1. The maximum Gasteiger partial charge on any atom is 0.155 e. The van der Waals surface area contributed by atoms with E-state index >= 15 is 0 Å². The van der Waals surface area contributed by atoms with E-state index in [2.05, 4.69) is 45.7 Å². The molecule has 2 heterocycles. The Labute approximate surface area is 213 Å². The van der Waals surface area contributed by atoms with Crippen molar-refractivity contribution in [3.63, 3.8) is 0 Å². The normalized spacial score (nSPS) is 15.6. The fourth-order valence-electron chi connectivity index (χ4n) is 4.50. The average molecular weight is 487 g/mol. The number of nitrogens with zero attached hydrogens (tertiary/aromatic N) is 5. The van der Waals surface area contributed by atoms with Gasteiger partial charge in [0.05, 0.1) is 6.54 Å². The molecule has 2 aromatic carbocycles. The first-order chi connectivity index (χ1) is 17.6. The Balaban J connectivity index is 1.45. The largest absolute Gasteiger partial charge is 0.402 e. The summed E-state index contributed by atoms with van der Waals surface area (Å²) in [5.74, 6) is 0.582. The standard InChI is InChI=1S/C29H35FN6/c1-3-26(31)25(27(4-2)34-20-22-8-6-5-7-9-22)21-35-16-18-36(19-17-35)29-28(32-14-15-33-29)23-10-12-24(30)13-11-23/h5-15H,3-4,16-21,31H2,1-2H3/b26-25-,34-27?. The molecular formula is C29H35FN6. The monoisotopic (exact) mass is 486 g/mol. The number of halogens is 1. The van der Waals surface area contributed by atoms with Gasteiger partial charge < -0.3 is 10.6 Å². The molecule has 6 nitrogen and oxygen atoms in total. The molecule has 0 spiro atoms. The number of anilines is 1. The van der Waals surface area contributed by atoms with E-state index in [4.69, 9.17) is 10.7 Å². The molecule has 1 aliphatic heterocycles. The number of hydrogen-bond donors (Lipinski definition) is 1. The zero-order chi connectivity index (χ0) is 25.3. The molecule has 0 bridgehead atoms. The molecule has 3 aromatic rings. The fraction of sp³-hybridized carbons (Fsp3) is 0.345. The number of benzene rings is 2. The molecule has 188 valence electrons. The summed E-state index contributed by atoms with van der Waals surface area (Å²) in [7, 11) is 0. The van der Waals surface area contributed by atoms with Crippen LogP contribution in [0.25, 0.3) is 11.3 Å². The van der Waals surface area contributed by atoms with Crippen LogP contribution in [0.5, 0.6) is 0 Å². The molecule has 0 aliphatic carbocycles. The van der Waals surface area contributed by atoms with Crippen molar-refractivity contribution in [2.75, 3.05) is 37.6 Å². The molecule has 0 radical (unpaired) electrons. The van der Waals surface area contributed by atoms with Gasteiger partial charge in [0.2, 0.25) is 0 Å². The van der Waals surface area contributed by atoms with Gasteiger partial charge in [0, 0.05) is 67.7 Å². The summed E-state index contributed by atoms with van der Waals surface area (Å²) in [6.07, 6.45) is 5.06. The second kappa shape index (κ2) is 12.4. The molecule has 0 unspecified atom stereocenters. The minimum absolute atomic E-state index is 0.258. The van der Waals surface area contributed by atoms with Gasteiger partial charge in [-0.2, -0.15) is 0 Å². The predicted molar refractivity (Wildman–Crippen MR) is 145 cm³/mol. The van der Waals surface area contributed by atoms with Gasteiger partial charge in [0.1, 0.15) is 11.5 Å². The lowest BCUT2D eigenvalue weighted by Gasteiger charge is -2.36. The minimum atomic E-state index is -0.258. The van der Waals surface area contributed by atoms with Crippen LogP contribution in [-0.2, 0) is 6.54 Å². The lowest BCUT2D eigenvalue weighted by atomic mass is 10.0. The summed E-state index contributed by atoms with van der Waals surface area (Å²) in [6.45, 7) is 9.13. The molecule has 0 amide bonds. The molecule has 1 aliphatic rings. The van der Waals surface area contributed by atoms with E-state index in [0.717, 1.165) is 79.6 Å². The quantitative estimate of drug-likeness (QED) is 0.427. The van der Waals surface area contributed by atoms with Crippen molar-refractivity contribution in [1.82, 2.24) is 14.9 Å². The maximum atomic E-state index is 13.4. The van der Waals surface area contributed by atoms with Crippen LogP contribution in [0.3, 0.4) is 0 Å². The Kier molecular flexibility index (Phi) is 8.79. The SMILES string of the molecule is CCC(=NCc1ccccc1)/C(CN1CCN(c2nccnc2-c2ccc(F)cc2)CC1)=C(\N)CC. The van der Waals surface area contributed by atoms with Crippen LogP contribution in [0.15, 0.2) is 83.3 Å². The fourth-order valence-corrected chi connectivity index (χ4v) is 4.50. The second-order valence-corrected chi connectivity index (χ2v) is 8.96. The molecule has 1 fully saturated rings. The number of hydrogen-bond acceptors (Lipinski definition) is 6. The van der Waals surface area contributed by atoms with Crippen molar-refractivity contribution < 1.29 is 4.39 Å². The zero-order valence-electron chi connectivity index (χ0n) is 21.2. The van der Waals surface area contributed by atoms with E-state index in [0.29, 0.717) is 6.54 Å². The van der Waals surface area contributed by atoms with E-state index in [-0.39, 0.29) is 5.82 Å². The summed E-state index contributed by atoms with van der Waals surface area (Å²) in [4.78, 5) is 18.8. The third-order valence-electron chi connectivity index (χ3n) is 6.60. The molecule has 1 aromatic heterocycles. The number of allylic oxidation sites excluding steroid dienone is 1. The molecular weight excluding hydrogens is 451 g/mol.